The number of para-hydroxylation sites is 2. The lowest BCUT2D eigenvalue weighted by Gasteiger charge is -2.33. The molecule has 5 nitrogen and oxygen atoms in total. The van der Waals surface area contributed by atoms with Crippen LogP contribution in [0.1, 0.15) is 24.3 Å². The predicted octanol–water partition coefficient (Wildman–Crippen LogP) is 5.01. The van der Waals surface area contributed by atoms with Crippen molar-refractivity contribution in [2.45, 2.75) is 24.9 Å². The molecule has 6 heteroatoms. The van der Waals surface area contributed by atoms with E-state index in [4.69, 9.17) is 21.1 Å². The molecule has 0 spiro atoms. The average Bonchev–Trinajstić information content (AvgIpc) is 3.20. The second-order valence-corrected chi connectivity index (χ2v) is 8.46. The summed E-state index contributed by atoms with van der Waals surface area (Å²) in [6, 6.07) is 13.5. The van der Waals surface area contributed by atoms with Gasteiger partial charge in [-0.1, -0.05) is 42.5 Å². The molecule has 1 atom stereocenters. The van der Waals surface area contributed by atoms with Crippen molar-refractivity contribution < 1.29 is 14.6 Å². The van der Waals surface area contributed by atoms with E-state index in [1.807, 2.05) is 36.4 Å². The van der Waals surface area contributed by atoms with Gasteiger partial charge in [0.1, 0.15) is 19.3 Å². The summed E-state index contributed by atoms with van der Waals surface area (Å²) < 4.78 is 11.4. The maximum absolute atomic E-state index is 10.5. The molecule has 0 amide bonds. The number of aromatic amines is 1. The molecule has 2 N–H and O–H groups in total. The van der Waals surface area contributed by atoms with Gasteiger partial charge >= 0.3 is 0 Å². The first-order valence-electron chi connectivity index (χ1n) is 10.8. The van der Waals surface area contributed by atoms with Crippen LogP contribution in [0.5, 0.6) is 11.5 Å². The van der Waals surface area contributed by atoms with Gasteiger partial charge in [0.2, 0.25) is 0 Å². The fourth-order valence-electron chi connectivity index (χ4n) is 4.26. The number of ether oxygens (including phenoxy) is 2. The molecule has 0 aliphatic carbocycles. The van der Waals surface area contributed by atoms with Gasteiger partial charge in [0.15, 0.2) is 11.5 Å². The zero-order valence-corrected chi connectivity index (χ0v) is 18.4. The van der Waals surface area contributed by atoms with Crippen molar-refractivity contribution in [2.75, 3.05) is 32.8 Å². The molecule has 31 heavy (non-hydrogen) atoms. The second kappa shape index (κ2) is 10.2. The number of β-amino-alcohol motifs (C(OH)–C–C–N with tert-alkyl or cyclic N) is 1. The molecular formula is C25H29ClN2O3. The van der Waals surface area contributed by atoms with E-state index >= 15 is 0 Å². The quantitative estimate of drug-likeness (QED) is 0.459. The largest absolute Gasteiger partial charge is 0.487 e. The number of nitrogens with one attached hydrogen (secondary N) is 1. The highest BCUT2D eigenvalue weighted by atomic mass is 35.5. The summed E-state index contributed by atoms with van der Waals surface area (Å²) in [7, 11) is 0. The van der Waals surface area contributed by atoms with Crippen LogP contribution in [0.4, 0.5) is 0 Å². The van der Waals surface area contributed by atoms with Crippen LogP contribution in [0.3, 0.4) is 0 Å². The summed E-state index contributed by atoms with van der Waals surface area (Å²) >= 11 is 6.11. The molecule has 1 aliphatic rings. The normalized spacial score (nSPS) is 16.3. The monoisotopic (exact) mass is 440 g/mol. The van der Waals surface area contributed by atoms with Gasteiger partial charge in [0, 0.05) is 28.7 Å². The van der Waals surface area contributed by atoms with Crippen molar-refractivity contribution in [3.05, 3.63) is 71.9 Å². The Bertz CT molecular complexity index is 1010. The Balaban J connectivity index is 1.26. The summed E-state index contributed by atoms with van der Waals surface area (Å²) in [6.07, 6.45) is 5.40. The van der Waals surface area contributed by atoms with E-state index in [1.165, 1.54) is 10.9 Å². The van der Waals surface area contributed by atoms with E-state index in [0.29, 0.717) is 30.6 Å². The Hall–Kier alpha value is -2.47. The molecular weight excluding hydrogens is 412 g/mol. The third-order valence-electron chi connectivity index (χ3n) is 5.81. The Morgan fingerprint density at radius 2 is 1.90 bits per heavy atom. The van der Waals surface area contributed by atoms with Crippen LogP contribution >= 0.6 is 11.6 Å². The predicted molar refractivity (Wildman–Crippen MR) is 125 cm³/mol. The highest BCUT2D eigenvalue weighted by Crippen LogP contribution is 2.34. The Morgan fingerprint density at radius 1 is 1.16 bits per heavy atom. The number of aromatic nitrogens is 1. The molecule has 1 fully saturated rings. The lowest BCUT2D eigenvalue weighted by molar-refractivity contribution is 0.0585. The van der Waals surface area contributed by atoms with E-state index in [1.54, 1.807) is 6.08 Å². The summed E-state index contributed by atoms with van der Waals surface area (Å²) in [5.74, 6) is 1.82. The van der Waals surface area contributed by atoms with Gasteiger partial charge in [-0.2, -0.15) is 0 Å². The number of likely N-dealkylation sites (tertiary alicyclic amines) is 1. The van der Waals surface area contributed by atoms with Crippen molar-refractivity contribution in [3.63, 3.8) is 0 Å². The summed E-state index contributed by atoms with van der Waals surface area (Å²) in [5, 5.41) is 12.5. The number of piperidine rings is 1. The maximum atomic E-state index is 10.5. The minimum atomic E-state index is -0.556. The zero-order chi connectivity index (χ0) is 21.6. The molecule has 4 rings (SSSR count). The molecule has 0 bridgehead atoms. The van der Waals surface area contributed by atoms with Gasteiger partial charge < -0.3 is 24.5 Å². The standard InChI is InChI=1S/C25H29ClN2O3/c1-2-13-30-24-5-3-4-6-25(24)31-17-20(29)16-28-11-9-18(10-12-28)22-15-27-23-14-19(26)7-8-21(22)23/h2-8,14-15,18,20,27,29H,1,9-13,16-17H2. The first kappa shape index (κ1) is 21.8. The second-order valence-electron chi connectivity index (χ2n) is 8.02. The Morgan fingerprint density at radius 3 is 2.65 bits per heavy atom. The fourth-order valence-corrected chi connectivity index (χ4v) is 4.43. The molecule has 1 saturated heterocycles. The van der Waals surface area contributed by atoms with Crippen molar-refractivity contribution in [2.24, 2.45) is 0 Å². The molecule has 1 aromatic heterocycles. The van der Waals surface area contributed by atoms with E-state index in [2.05, 4.69) is 28.7 Å². The van der Waals surface area contributed by atoms with Crippen LogP contribution in [-0.2, 0) is 0 Å². The number of aliphatic hydroxyl groups is 1. The molecule has 1 aliphatic heterocycles. The van der Waals surface area contributed by atoms with Crippen molar-refractivity contribution in [1.82, 2.24) is 9.88 Å². The number of aliphatic hydroxyl groups excluding tert-OH is 1. The zero-order valence-electron chi connectivity index (χ0n) is 17.6. The number of fused-ring (bicyclic) bond motifs is 1. The van der Waals surface area contributed by atoms with Crippen LogP contribution in [-0.4, -0.2) is 53.9 Å². The third-order valence-corrected chi connectivity index (χ3v) is 6.04. The third kappa shape index (κ3) is 5.42. The minimum absolute atomic E-state index is 0.234. The van der Waals surface area contributed by atoms with Gasteiger partial charge in [-0.05, 0) is 61.7 Å². The number of hydrogen-bond donors (Lipinski definition) is 2. The lowest BCUT2D eigenvalue weighted by Crippen LogP contribution is -2.40. The molecule has 0 saturated carbocycles. The highest BCUT2D eigenvalue weighted by Gasteiger charge is 2.24. The SMILES string of the molecule is C=CCOc1ccccc1OCC(O)CN1CCC(c2c[nH]c3cc(Cl)ccc23)CC1. The lowest BCUT2D eigenvalue weighted by atomic mass is 9.89. The van der Waals surface area contributed by atoms with Crippen LogP contribution in [0.15, 0.2) is 61.3 Å². The molecule has 2 aromatic carbocycles. The van der Waals surface area contributed by atoms with E-state index in [9.17, 15) is 5.11 Å². The van der Waals surface area contributed by atoms with Gasteiger partial charge in [-0.25, -0.2) is 0 Å². The molecule has 3 aromatic rings. The number of benzene rings is 2. The molecule has 164 valence electrons. The highest BCUT2D eigenvalue weighted by molar-refractivity contribution is 6.31. The van der Waals surface area contributed by atoms with Crippen molar-refractivity contribution in [3.8, 4) is 11.5 Å². The maximum Gasteiger partial charge on any atom is 0.161 e. The van der Waals surface area contributed by atoms with Crippen LogP contribution in [0.2, 0.25) is 5.02 Å². The minimum Gasteiger partial charge on any atom is -0.487 e. The van der Waals surface area contributed by atoms with Crippen molar-refractivity contribution >= 4 is 22.5 Å². The van der Waals surface area contributed by atoms with E-state index in [0.717, 1.165) is 36.5 Å². The molecule has 0 radical (unpaired) electrons. The number of halogens is 1. The van der Waals surface area contributed by atoms with Gasteiger partial charge in [0.25, 0.3) is 0 Å². The fraction of sp³-hybridized carbons (Fsp3) is 0.360. The van der Waals surface area contributed by atoms with Crippen LogP contribution in [0.25, 0.3) is 10.9 Å². The first-order valence-corrected chi connectivity index (χ1v) is 11.1. The number of hydrogen-bond acceptors (Lipinski definition) is 4. The summed E-state index contributed by atoms with van der Waals surface area (Å²) in [4.78, 5) is 5.66. The van der Waals surface area contributed by atoms with Crippen LogP contribution in [0, 0.1) is 0 Å². The van der Waals surface area contributed by atoms with Crippen molar-refractivity contribution in [1.29, 1.82) is 0 Å². The van der Waals surface area contributed by atoms with E-state index < -0.39 is 6.10 Å². The Labute approximate surface area is 188 Å². The number of rotatable bonds is 9. The van der Waals surface area contributed by atoms with Gasteiger partial charge in [0.05, 0.1) is 0 Å². The summed E-state index contributed by atoms with van der Waals surface area (Å²) in [5.41, 5.74) is 2.46. The number of nitrogens with zero attached hydrogens (tertiary/aromatic N) is 1. The van der Waals surface area contributed by atoms with E-state index in [-0.39, 0.29) is 6.61 Å². The average molecular weight is 441 g/mol. The first-order chi connectivity index (χ1) is 15.1. The topological polar surface area (TPSA) is 57.7 Å². The molecule has 1 unspecified atom stereocenters. The molecule has 2 heterocycles. The number of H-pyrrole nitrogens is 1. The van der Waals surface area contributed by atoms with Gasteiger partial charge in [-0.15, -0.1) is 0 Å². The summed E-state index contributed by atoms with van der Waals surface area (Å²) in [6.45, 7) is 6.84. The van der Waals surface area contributed by atoms with Crippen LogP contribution < -0.4 is 9.47 Å². The Kier molecular flexibility index (Phi) is 7.17. The van der Waals surface area contributed by atoms with Gasteiger partial charge in [-0.3, -0.25) is 0 Å². The smallest absolute Gasteiger partial charge is 0.161 e.